The lowest BCUT2D eigenvalue weighted by molar-refractivity contribution is -0.153. The number of para-hydroxylation sites is 1. The van der Waals surface area contributed by atoms with Crippen LogP contribution in [0.15, 0.2) is 29.1 Å². The molecule has 0 spiro atoms. The summed E-state index contributed by atoms with van der Waals surface area (Å²) < 4.78 is 41.7. The summed E-state index contributed by atoms with van der Waals surface area (Å²) in [6.45, 7) is 4.32. The Balaban J connectivity index is 2.57. The summed E-state index contributed by atoms with van der Waals surface area (Å²) in [5.74, 6) is 0.0213. The van der Waals surface area contributed by atoms with Crippen molar-refractivity contribution in [2.75, 3.05) is 6.61 Å². The van der Waals surface area contributed by atoms with Gasteiger partial charge in [-0.2, -0.15) is 13.2 Å². The highest BCUT2D eigenvalue weighted by atomic mass is 19.4. The molecule has 0 amide bonds. The summed E-state index contributed by atoms with van der Waals surface area (Å²) in [6, 6.07) is 5.94. The molecule has 0 aliphatic heterocycles. The summed E-state index contributed by atoms with van der Waals surface area (Å²) >= 11 is 0. The number of pyridine rings is 1. The largest absolute Gasteiger partial charge is 0.482 e. The number of benzene rings is 1. The Morgan fingerprint density at radius 1 is 1.19 bits per heavy atom. The number of ether oxygens (including phenoxy) is 1. The molecule has 6 heteroatoms. The maximum Gasteiger partial charge on any atom is 0.422 e. The molecule has 0 unspecified atom stereocenters. The molecule has 0 fully saturated rings. The van der Waals surface area contributed by atoms with E-state index in [4.69, 9.17) is 4.74 Å². The van der Waals surface area contributed by atoms with E-state index in [0.29, 0.717) is 16.6 Å². The fourth-order valence-electron chi connectivity index (χ4n) is 1.93. The molecular formula is C15H16F3NO2. The van der Waals surface area contributed by atoms with Crippen LogP contribution in [-0.4, -0.2) is 17.8 Å². The normalized spacial score (nSPS) is 12.7. The van der Waals surface area contributed by atoms with Gasteiger partial charge in [-0.3, -0.25) is 4.79 Å². The van der Waals surface area contributed by atoms with Gasteiger partial charge in [0.25, 0.3) is 0 Å². The van der Waals surface area contributed by atoms with Crippen molar-refractivity contribution in [2.45, 2.75) is 32.4 Å². The first kappa shape index (κ1) is 15.4. The SMILES string of the molecule is CC(C)(C)c1cc(=O)c2cccc(OCC(F)(F)F)c2[nH]1. The molecule has 1 heterocycles. The topological polar surface area (TPSA) is 42.1 Å². The average molecular weight is 299 g/mol. The molecule has 0 atom stereocenters. The minimum absolute atomic E-state index is 0.0213. The van der Waals surface area contributed by atoms with Crippen LogP contribution in [-0.2, 0) is 5.41 Å². The van der Waals surface area contributed by atoms with Gasteiger partial charge in [0, 0.05) is 22.6 Å². The molecule has 0 bridgehead atoms. The van der Waals surface area contributed by atoms with E-state index in [1.807, 2.05) is 20.8 Å². The number of alkyl halides is 3. The molecule has 0 aliphatic carbocycles. The van der Waals surface area contributed by atoms with Crippen LogP contribution >= 0.6 is 0 Å². The van der Waals surface area contributed by atoms with Gasteiger partial charge in [0.15, 0.2) is 12.0 Å². The molecule has 3 nitrogen and oxygen atoms in total. The minimum Gasteiger partial charge on any atom is -0.482 e. The Morgan fingerprint density at radius 2 is 1.86 bits per heavy atom. The molecule has 0 saturated carbocycles. The average Bonchev–Trinajstić information content (AvgIpc) is 2.34. The lowest BCUT2D eigenvalue weighted by atomic mass is 9.91. The van der Waals surface area contributed by atoms with E-state index in [1.165, 1.54) is 18.2 Å². The summed E-state index contributed by atoms with van der Waals surface area (Å²) in [5.41, 5.74) is 0.359. The van der Waals surface area contributed by atoms with Gasteiger partial charge in [-0.1, -0.05) is 26.8 Å². The summed E-state index contributed by atoms with van der Waals surface area (Å²) in [5, 5.41) is 0.308. The number of aromatic nitrogens is 1. The van der Waals surface area contributed by atoms with Crippen LogP contribution in [0, 0.1) is 0 Å². The van der Waals surface area contributed by atoms with Gasteiger partial charge in [-0.15, -0.1) is 0 Å². The zero-order valence-electron chi connectivity index (χ0n) is 12.0. The fraction of sp³-hybridized carbons (Fsp3) is 0.400. The Morgan fingerprint density at radius 3 is 2.43 bits per heavy atom. The Kier molecular flexibility index (Phi) is 3.74. The molecule has 2 aromatic rings. The predicted molar refractivity (Wildman–Crippen MR) is 74.8 cm³/mol. The van der Waals surface area contributed by atoms with Crippen LogP contribution in [0.25, 0.3) is 10.9 Å². The summed E-state index contributed by atoms with van der Waals surface area (Å²) in [6.07, 6.45) is -4.43. The number of fused-ring (bicyclic) bond motifs is 1. The van der Waals surface area contributed by atoms with Crippen LogP contribution < -0.4 is 10.2 Å². The van der Waals surface area contributed by atoms with Crippen molar-refractivity contribution in [2.24, 2.45) is 0 Å². The number of H-pyrrole nitrogens is 1. The lowest BCUT2D eigenvalue weighted by Gasteiger charge is -2.20. The van der Waals surface area contributed by atoms with Gasteiger partial charge in [-0.05, 0) is 12.1 Å². The monoisotopic (exact) mass is 299 g/mol. The van der Waals surface area contributed by atoms with Gasteiger partial charge in [0.2, 0.25) is 0 Å². The first-order chi connectivity index (χ1) is 9.58. The predicted octanol–water partition coefficient (Wildman–Crippen LogP) is 3.77. The third-order valence-electron chi connectivity index (χ3n) is 3.03. The number of halogens is 3. The smallest absolute Gasteiger partial charge is 0.422 e. The van der Waals surface area contributed by atoms with Crippen LogP contribution in [0.5, 0.6) is 5.75 Å². The second-order valence-electron chi connectivity index (χ2n) is 5.88. The van der Waals surface area contributed by atoms with E-state index in [-0.39, 0.29) is 16.6 Å². The molecule has 114 valence electrons. The maximum absolute atomic E-state index is 12.3. The second kappa shape index (κ2) is 5.09. The highest BCUT2D eigenvalue weighted by Crippen LogP contribution is 2.27. The van der Waals surface area contributed by atoms with Gasteiger partial charge in [-0.25, -0.2) is 0 Å². The van der Waals surface area contributed by atoms with Crippen molar-refractivity contribution in [3.05, 3.63) is 40.2 Å². The zero-order valence-corrected chi connectivity index (χ0v) is 12.0. The third kappa shape index (κ3) is 3.56. The second-order valence-corrected chi connectivity index (χ2v) is 5.88. The van der Waals surface area contributed by atoms with Gasteiger partial charge in [0.1, 0.15) is 5.75 Å². The van der Waals surface area contributed by atoms with Gasteiger partial charge >= 0.3 is 6.18 Å². The van der Waals surface area contributed by atoms with Crippen molar-refractivity contribution < 1.29 is 17.9 Å². The van der Waals surface area contributed by atoms with Crippen molar-refractivity contribution in [1.29, 1.82) is 0 Å². The Labute approximate surface area is 119 Å². The highest BCUT2D eigenvalue weighted by Gasteiger charge is 2.29. The number of nitrogens with one attached hydrogen (secondary N) is 1. The third-order valence-corrected chi connectivity index (χ3v) is 3.03. The van der Waals surface area contributed by atoms with Gasteiger partial charge in [0.05, 0.1) is 5.52 Å². The van der Waals surface area contributed by atoms with Crippen molar-refractivity contribution in [3.63, 3.8) is 0 Å². The number of hydrogen-bond donors (Lipinski definition) is 1. The minimum atomic E-state index is -4.43. The molecule has 21 heavy (non-hydrogen) atoms. The summed E-state index contributed by atoms with van der Waals surface area (Å²) in [4.78, 5) is 15.1. The molecule has 1 aromatic heterocycles. The van der Waals surface area contributed by atoms with Crippen LogP contribution in [0.2, 0.25) is 0 Å². The molecule has 0 aliphatic rings. The van der Waals surface area contributed by atoms with E-state index in [2.05, 4.69) is 4.98 Å². The number of rotatable bonds is 2. The van der Waals surface area contributed by atoms with E-state index in [9.17, 15) is 18.0 Å². The fourth-order valence-corrected chi connectivity index (χ4v) is 1.93. The zero-order chi connectivity index (χ0) is 15.8. The van der Waals surface area contributed by atoms with Crippen molar-refractivity contribution in [3.8, 4) is 5.75 Å². The van der Waals surface area contributed by atoms with Crippen LogP contribution in [0.4, 0.5) is 13.2 Å². The molecule has 0 radical (unpaired) electrons. The Hall–Kier alpha value is -1.98. The highest BCUT2D eigenvalue weighted by molar-refractivity contribution is 5.84. The molecular weight excluding hydrogens is 283 g/mol. The van der Waals surface area contributed by atoms with E-state index < -0.39 is 12.8 Å². The van der Waals surface area contributed by atoms with Crippen molar-refractivity contribution >= 4 is 10.9 Å². The summed E-state index contributed by atoms with van der Waals surface area (Å²) in [7, 11) is 0. The molecule has 1 aromatic carbocycles. The van der Waals surface area contributed by atoms with Crippen LogP contribution in [0.1, 0.15) is 26.5 Å². The number of aromatic amines is 1. The van der Waals surface area contributed by atoms with E-state index >= 15 is 0 Å². The van der Waals surface area contributed by atoms with Crippen LogP contribution in [0.3, 0.4) is 0 Å². The Bertz CT molecular complexity index is 711. The maximum atomic E-state index is 12.3. The molecule has 2 rings (SSSR count). The van der Waals surface area contributed by atoms with E-state index in [0.717, 1.165) is 0 Å². The molecule has 1 N–H and O–H groups in total. The van der Waals surface area contributed by atoms with Gasteiger partial charge < -0.3 is 9.72 Å². The first-order valence-corrected chi connectivity index (χ1v) is 6.44. The molecule has 0 saturated heterocycles. The first-order valence-electron chi connectivity index (χ1n) is 6.44. The quantitative estimate of drug-likeness (QED) is 0.917. The van der Waals surface area contributed by atoms with Crippen molar-refractivity contribution in [1.82, 2.24) is 4.98 Å². The van der Waals surface area contributed by atoms with E-state index in [1.54, 1.807) is 6.07 Å². The standard InChI is InChI=1S/C15H16F3NO2/c1-14(2,3)12-7-10(20)9-5-4-6-11(13(9)19-12)21-8-15(16,17)18/h4-7H,8H2,1-3H3,(H,19,20). The lowest BCUT2D eigenvalue weighted by Crippen LogP contribution is -2.20. The number of hydrogen-bond acceptors (Lipinski definition) is 2.